The van der Waals surface area contributed by atoms with E-state index < -0.39 is 63.7 Å². The molecule has 0 spiro atoms. The van der Waals surface area contributed by atoms with Crippen LogP contribution in [0, 0.1) is 19.7 Å². The van der Waals surface area contributed by atoms with Gasteiger partial charge in [0.25, 0.3) is 16.0 Å². The molecule has 1 amide bonds. The summed E-state index contributed by atoms with van der Waals surface area (Å²) in [7, 11) is -4.15. The summed E-state index contributed by atoms with van der Waals surface area (Å²) in [5, 5.41) is 2.36. The van der Waals surface area contributed by atoms with Crippen molar-refractivity contribution in [3.8, 4) is 11.1 Å². The van der Waals surface area contributed by atoms with E-state index in [2.05, 4.69) is 18.5 Å². The molecule has 2 atom stereocenters. The fraction of sp³-hybridized carbons (Fsp3) is 0.455. The Kier molecular flexibility index (Phi) is 14.0. The van der Waals surface area contributed by atoms with E-state index in [1.807, 2.05) is 19.1 Å². The lowest BCUT2D eigenvalue weighted by Gasteiger charge is -2.25. The molecule has 7 nitrogen and oxygen atoms in total. The van der Waals surface area contributed by atoms with E-state index in [-0.39, 0.29) is 25.0 Å². The van der Waals surface area contributed by atoms with E-state index in [1.54, 1.807) is 13.0 Å². The lowest BCUT2D eigenvalue weighted by molar-refractivity contribution is -0.144. The van der Waals surface area contributed by atoms with Crippen LogP contribution in [-0.2, 0) is 41.2 Å². The second-order valence-electron chi connectivity index (χ2n) is 10.8. The van der Waals surface area contributed by atoms with Crippen molar-refractivity contribution in [2.45, 2.75) is 84.0 Å². The first-order valence-corrected chi connectivity index (χ1v) is 16.4. The van der Waals surface area contributed by atoms with Gasteiger partial charge in [-0.1, -0.05) is 29.8 Å². The predicted octanol–water partition coefficient (Wildman–Crippen LogP) is 7.45. The number of carbonyl (C=O) groups excluding carboxylic acids is 2. The molecule has 2 rings (SSSR count). The molecule has 12 heteroatoms. The van der Waals surface area contributed by atoms with Crippen molar-refractivity contribution in [1.29, 1.82) is 0 Å². The number of carbonyl (C=O) groups is 2. The molecule has 0 radical (unpaired) electrons. The second kappa shape index (κ2) is 16.7. The largest absolute Gasteiger partial charge is 0.466 e. The molecular formula is C33H41F4NO6S. The maximum atomic E-state index is 15.9. The highest BCUT2D eigenvalue weighted by molar-refractivity contribution is 7.86. The summed E-state index contributed by atoms with van der Waals surface area (Å²) >= 11 is 0. The molecule has 0 aromatic heterocycles. The Morgan fingerprint density at radius 3 is 2.29 bits per heavy atom. The molecule has 2 aromatic rings. The Morgan fingerprint density at radius 2 is 1.71 bits per heavy atom. The van der Waals surface area contributed by atoms with Crippen molar-refractivity contribution in [2.24, 2.45) is 0 Å². The summed E-state index contributed by atoms with van der Waals surface area (Å²) in [6.07, 6.45) is -0.680. The first kappa shape index (κ1) is 37.7. The molecule has 0 aliphatic carbocycles. The maximum absolute atomic E-state index is 15.9. The number of rotatable bonds is 17. The smallest absolute Gasteiger partial charge is 0.419 e. The number of halogens is 4. The standard InChI is InChI=1S/C33H41F4NO6S/c1-7-10-12-13-14-23-17-21(4)16-22(5)30(23)24-18-25(31(34)26(19-24)33(35,36)37)27(20-29(39)43-9-3)38-32(40)28(15-11-8-2)44-45(6,41)42/h7-8,16-19,27-28H,1-2,9-15,20H2,3-6H3,(H,38,40)/t27-,28+/m0/s1. The molecular weight excluding hydrogens is 614 g/mol. The first-order chi connectivity index (χ1) is 21.0. The van der Waals surface area contributed by atoms with Gasteiger partial charge >= 0.3 is 12.1 Å². The van der Waals surface area contributed by atoms with Crippen LogP contribution in [0.2, 0.25) is 0 Å². The fourth-order valence-corrected chi connectivity index (χ4v) is 5.72. The summed E-state index contributed by atoms with van der Waals surface area (Å²) in [5.74, 6) is -3.66. The number of unbranched alkanes of at least 4 members (excludes halogenated alkanes) is 2. The highest BCUT2D eigenvalue weighted by Crippen LogP contribution is 2.40. The van der Waals surface area contributed by atoms with E-state index in [0.29, 0.717) is 17.5 Å². The quantitative estimate of drug-likeness (QED) is 0.0625. The average molecular weight is 656 g/mol. The molecule has 0 unspecified atom stereocenters. The minimum absolute atomic E-state index is 0.0497. The van der Waals surface area contributed by atoms with E-state index in [1.165, 1.54) is 19.1 Å². The van der Waals surface area contributed by atoms with Gasteiger partial charge in [-0.2, -0.15) is 21.6 Å². The Hall–Kier alpha value is -3.51. The second-order valence-corrected chi connectivity index (χ2v) is 12.4. The van der Waals surface area contributed by atoms with Gasteiger partial charge in [-0.3, -0.25) is 13.8 Å². The molecule has 45 heavy (non-hydrogen) atoms. The third-order valence-corrected chi connectivity index (χ3v) is 7.53. The molecule has 0 aliphatic heterocycles. The average Bonchev–Trinajstić information content (AvgIpc) is 2.92. The zero-order valence-corrected chi connectivity index (χ0v) is 26.9. The van der Waals surface area contributed by atoms with Gasteiger partial charge in [0.1, 0.15) is 5.82 Å². The normalized spacial score (nSPS) is 13.2. The number of allylic oxidation sites excluding steroid dienone is 2. The number of benzene rings is 2. The van der Waals surface area contributed by atoms with Gasteiger partial charge in [0.15, 0.2) is 6.10 Å². The Morgan fingerprint density at radius 1 is 1.04 bits per heavy atom. The Bertz CT molecular complexity index is 1490. The van der Waals surface area contributed by atoms with Crippen molar-refractivity contribution in [2.75, 3.05) is 12.9 Å². The van der Waals surface area contributed by atoms with Crippen LogP contribution >= 0.6 is 0 Å². The summed E-state index contributed by atoms with van der Waals surface area (Å²) in [4.78, 5) is 25.9. The minimum atomic E-state index is -5.12. The maximum Gasteiger partial charge on any atom is 0.419 e. The third-order valence-electron chi connectivity index (χ3n) is 6.95. The van der Waals surface area contributed by atoms with Crippen molar-refractivity contribution in [1.82, 2.24) is 5.32 Å². The molecule has 0 bridgehead atoms. The molecule has 2 aromatic carbocycles. The zero-order valence-electron chi connectivity index (χ0n) is 26.1. The number of alkyl halides is 3. The van der Waals surface area contributed by atoms with Gasteiger partial charge in [0.05, 0.1) is 30.9 Å². The van der Waals surface area contributed by atoms with Crippen molar-refractivity contribution in [3.63, 3.8) is 0 Å². The SMILES string of the molecule is C=CCCCCc1cc(C)cc(C)c1-c1cc([C@H](CC(=O)OCC)NC(=O)[C@@H](CCC=C)OS(C)(=O)=O)c(F)c(C(F)(F)F)c1. The van der Waals surface area contributed by atoms with E-state index in [9.17, 15) is 31.2 Å². The van der Waals surface area contributed by atoms with Crippen LogP contribution in [0.5, 0.6) is 0 Å². The predicted molar refractivity (Wildman–Crippen MR) is 165 cm³/mol. The summed E-state index contributed by atoms with van der Waals surface area (Å²) < 4.78 is 92.4. The topological polar surface area (TPSA) is 98.8 Å². The third kappa shape index (κ3) is 11.4. The Balaban J connectivity index is 2.80. The van der Waals surface area contributed by atoms with Crippen molar-refractivity contribution < 1.29 is 44.5 Å². The van der Waals surface area contributed by atoms with Gasteiger partial charge in [-0.25, -0.2) is 4.39 Å². The molecule has 248 valence electrons. The van der Waals surface area contributed by atoms with Crippen LogP contribution in [0.3, 0.4) is 0 Å². The lowest BCUT2D eigenvalue weighted by Crippen LogP contribution is -2.40. The molecule has 1 N–H and O–H groups in total. The summed E-state index contributed by atoms with van der Waals surface area (Å²) in [6.45, 7) is 12.3. The molecule has 0 saturated carbocycles. The van der Waals surface area contributed by atoms with Crippen molar-refractivity contribution in [3.05, 3.63) is 83.2 Å². The molecule has 0 fully saturated rings. The number of esters is 1. The summed E-state index contributed by atoms with van der Waals surface area (Å²) in [5.41, 5.74) is 0.671. The lowest BCUT2D eigenvalue weighted by atomic mass is 9.87. The zero-order chi connectivity index (χ0) is 33.9. The number of hydrogen-bond acceptors (Lipinski definition) is 6. The van der Waals surface area contributed by atoms with Gasteiger partial charge < -0.3 is 10.1 Å². The number of amides is 1. The van der Waals surface area contributed by atoms with E-state index in [0.717, 1.165) is 42.7 Å². The molecule has 0 aliphatic rings. The number of hydrogen-bond donors (Lipinski definition) is 1. The number of aryl methyl sites for hydroxylation is 3. The molecule has 0 saturated heterocycles. The minimum Gasteiger partial charge on any atom is -0.466 e. The van der Waals surface area contributed by atoms with Crippen LogP contribution in [-0.4, -0.2) is 39.3 Å². The van der Waals surface area contributed by atoms with Gasteiger partial charge in [0.2, 0.25) is 0 Å². The number of ether oxygens (including phenoxy) is 1. The van der Waals surface area contributed by atoms with Crippen LogP contribution in [0.4, 0.5) is 17.6 Å². The van der Waals surface area contributed by atoms with Crippen LogP contribution in [0.1, 0.15) is 79.3 Å². The van der Waals surface area contributed by atoms with Crippen LogP contribution in [0.15, 0.2) is 49.6 Å². The summed E-state index contributed by atoms with van der Waals surface area (Å²) in [6, 6.07) is 3.94. The molecule has 0 heterocycles. The first-order valence-electron chi connectivity index (χ1n) is 14.6. The van der Waals surface area contributed by atoms with E-state index >= 15 is 4.39 Å². The number of nitrogens with one attached hydrogen (secondary N) is 1. The van der Waals surface area contributed by atoms with Crippen molar-refractivity contribution >= 4 is 22.0 Å². The monoisotopic (exact) mass is 655 g/mol. The van der Waals surface area contributed by atoms with Gasteiger partial charge in [-0.05, 0) is 93.7 Å². The highest BCUT2D eigenvalue weighted by Gasteiger charge is 2.38. The Labute approximate surface area is 262 Å². The van der Waals surface area contributed by atoms with E-state index in [4.69, 9.17) is 8.92 Å². The highest BCUT2D eigenvalue weighted by atomic mass is 32.2. The van der Waals surface area contributed by atoms with Crippen LogP contribution < -0.4 is 5.32 Å². The van der Waals surface area contributed by atoms with Gasteiger partial charge in [-0.15, -0.1) is 13.2 Å². The van der Waals surface area contributed by atoms with Gasteiger partial charge in [0, 0.05) is 5.56 Å². The van der Waals surface area contributed by atoms with Crippen LogP contribution in [0.25, 0.3) is 11.1 Å². The fourth-order valence-electron chi connectivity index (χ4n) is 5.11.